The standard InChI is InChI=1S/C10H15NO2.ClH/c1-2-3-6-11-7-4-9(5-8-11)10(12)13;/h1,9H,3-8H2,(H,12,13);1H. The maximum atomic E-state index is 10.6. The van der Waals surface area contributed by atoms with E-state index >= 15 is 0 Å². The summed E-state index contributed by atoms with van der Waals surface area (Å²) < 4.78 is 0. The number of piperidine rings is 1. The van der Waals surface area contributed by atoms with E-state index in [1.165, 1.54) is 0 Å². The van der Waals surface area contributed by atoms with E-state index in [9.17, 15) is 4.79 Å². The van der Waals surface area contributed by atoms with Crippen LogP contribution in [0.4, 0.5) is 0 Å². The number of nitrogens with zero attached hydrogens (tertiary/aromatic N) is 1. The van der Waals surface area contributed by atoms with Crippen molar-refractivity contribution in [2.75, 3.05) is 19.6 Å². The van der Waals surface area contributed by atoms with Crippen molar-refractivity contribution >= 4 is 18.4 Å². The van der Waals surface area contributed by atoms with Crippen molar-refractivity contribution in [1.82, 2.24) is 4.90 Å². The van der Waals surface area contributed by atoms with Gasteiger partial charge in [0.2, 0.25) is 0 Å². The third-order valence-electron chi connectivity index (χ3n) is 2.51. The predicted octanol–water partition coefficient (Wildman–Crippen LogP) is 1.23. The highest BCUT2D eigenvalue weighted by Gasteiger charge is 2.23. The van der Waals surface area contributed by atoms with Crippen LogP contribution in [-0.2, 0) is 4.79 Å². The average molecular weight is 218 g/mol. The van der Waals surface area contributed by atoms with E-state index < -0.39 is 5.97 Å². The van der Waals surface area contributed by atoms with Crippen molar-refractivity contribution in [3.8, 4) is 12.3 Å². The Bertz CT molecular complexity index is 217. The van der Waals surface area contributed by atoms with E-state index in [1.807, 2.05) is 0 Å². The molecule has 1 rings (SSSR count). The van der Waals surface area contributed by atoms with Crippen LogP contribution in [0, 0.1) is 18.3 Å². The lowest BCUT2D eigenvalue weighted by Crippen LogP contribution is -2.36. The predicted molar refractivity (Wildman–Crippen MR) is 57.5 cm³/mol. The molecule has 0 aromatic carbocycles. The zero-order valence-electron chi connectivity index (χ0n) is 8.11. The summed E-state index contributed by atoms with van der Waals surface area (Å²) in [4.78, 5) is 12.9. The summed E-state index contributed by atoms with van der Waals surface area (Å²) in [6.45, 7) is 2.65. The Kier molecular flexibility index (Phi) is 6.35. The van der Waals surface area contributed by atoms with Crippen LogP contribution in [0.25, 0.3) is 0 Å². The molecule has 0 aromatic rings. The van der Waals surface area contributed by atoms with Crippen molar-refractivity contribution in [2.24, 2.45) is 5.92 Å². The Labute approximate surface area is 90.9 Å². The molecule has 1 heterocycles. The van der Waals surface area contributed by atoms with Gasteiger partial charge in [-0.1, -0.05) is 0 Å². The first-order chi connectivity index (χ1) is 6.24. The number of aliphatic carboxylic acids is 1. The van der Waals surface area contributed by atoms with Gasteiger partial charge in [0.15, 0.2) is 0 Å². The molecule has 0 bridgehead atoms. The van der Waals surface area contributed by atoms with E-state index in [4.69, 9.17) is 11.5 Å². The summed E-state index contributed by atoms with van der Waals surface area (Å²) in [6, 6.07) is 0. The van der Waals surface area contributed by atoms with Gasteiger partial charge in [0.25, 0.3) is 0 Å². The number of carboxylic acids is 1. The Morgan fingerprint density at radius 3 is 2.50 bits per heavy atom. The highest BCUT2D eigenvalue weighted by atomic mass is 35.5. The number of carboxylic acid groups (broad SMARTS) is 1. The molecule has 0 spiro atoms. The van der Waals surface area contributed by atoms with Crippen LogP contribution >= 0.6 is 12.4 Å². The third-order valence-corrected chi connectivity index (χ3v) is 2.51. The molecule has 0 aliphatic carbocycles. The van der Waals surface area contributed by atoms with Crippen LogP contribution in [0.5, 0.6) is 0 Å². The second-order valence-corrected chi connectivity index (χ2v) is 3.41. The van der Waals surface area contributed by atoms with Crippen LogP contribution in [0.1, 0.15) is 19.3 Å². The molecule has 4 heteroatoms. The molecule has 3 nitrogen and oxygen atoms in total. The summed E-state index contributed by atoms with van der Waals surface area (Å²) >= 11 is 0. The van der Waals surface area contributed by atoms with Gasteiger partial charge in [-0.3, -0.25) is 4.79 Å². The van der Waals surface area contributed by atoms with E-state index in [1.54, 1.807) is 0 Å². The quantitative estimate of drug-likeness (QED) is 0.723. The molecule has 1 aliphatic heterocycles. The molecule has 0 aromatic heterocycles. The monoisotopic (exact) mass is 217 g/mol. The fraction of sp³-hybridized carbons (Fsp3) is 0.700. The van der Waals surface area contributed by atoms with E-state index in [2.05, 4.69) is 10.8 Å². The molecule has 1 saturated heterocycles. The van der Waals surface area contributed by atoms with Gasteiger partial charge in [0, 0.05) is 13.0 Å². The minimum atomic E-state index is -0.656. The minimum Gasteiger partial charge on any atom is -0.481 e. The van der Waals surface area contributed by atoms with Crippen molar-refractivity contribution in [2.45, 2.75) is 19.3 Å². The Morgan fingerprint density at radius 2 is 2.07 bits per heavy atom. The largest absolute Gasteiger partial charge is 0.481 e. The summed E-state index contributed by atoms with van der Waals surface area (Å²) in [5.41, 5.74) is 0. The van der Waals surface area contributed by atoms with Gasteiger partial charge in [-0.25, -0.2) is 0 Å². The van der Waals surface area contributed by atoms with Gasteiger partial charge in [-0.15, -0.1) is 24.8 Å². The van der Waals surface area contributed by atoms with Gasteiger partial charge in [-0.2, -0.15) is 0 Å². The summed E-state index contributed by atoms with van der Waals surface area (Å²) in [5.74, 6) is 1.80. The van der Waals surface area contributed by atoms with Gasteiger partial charge in [0.1, 0.15) is 0 Å². The van der Waals surface area contributed by atoms with Crippen LogP contribution in [0.3, 0.4) is 0 Å². The number of hydrogen-bond acceptors (Lipinski definition) is 2. The number of hydrogen-bond donors (Lipinski definition) is 1. The van der Waals surface area contributed by atoms with Gasteiger partial charge >= 0.3 is 5.97 Å². The molecule has 14 heavy (non-hydrogen) atoms. The van der Waals surface area contributed by atoms with Crippen LogP contribution in [0.15, 0.2) is 0 Å². The number of terminal acetylenes is 1. The second kappa shape index (κ2) is 6.69. The molecule has 1 aliphatic rings. The second-order valence-electron chi connectivity index (χ2n) is 3.41. The zero-order chi connectivity index (χ0) is 9.68. The summed E-state index contributed by atoms with van der Waals surface area (Å²) in [6.07, 6.45) is 7.44. The fourth-order valence-corrected chi connectivity index (χ4v) is 1.63. The number of carbonyl (C=O) groups is 1. The summed E-state index contributed by atoms with van der Waals surface area (Å²) in [7, 11) is 0. The Hall–Kier alpha value is -0.720. The van der Waals surface area contributed by atoms with Gasteiger partial charge < -0.3 is 10.0 Å². The minimum absolute atomic E-state index is 0. The third kappa shape index (κ3) is 3.99. The fourth-order valence-electron chi connectivity index (χ4n) is 1.63. The Balaban J connectivity index is 0.00000169. The molecule has 1 N–H and O–H groups in total. The van der Waals surface area contributed by atoms with Crippen LogP contribution in [0.2, 0.25) is 0 Å². The lowest BCUT2D eigenvalue weighted by Gasteiger charge is -2.29. The first-order valence-electron chi connectivity index (χ1n) is 4.62. The zero-order valence-corrected chi connectivity index (χ0v) is 8.92. The molecule has 0 atom stereocenters. The van der Waals surface area contributed by atoms with Gasteiger partial charge in [-0.05, 0) is 25.9 Å². The topological polar surface area (TPSA) is 40.5 Å². The SMILES string of the molecule is C#CCCN1CCC(C(=O)O)CC1.Cl. The molecule has 0 radical (unpaired) electrons. The highest BCUT2D eigenvalue weighted by Crippen LogP contribution is 2.16. The molecule has 1 fully saturated rings. The lowest BCUT2D eigenvalue weighted by atomic mass is 9.97. The van der Waals surface area contributed by atoms with E-state index in [0.29, 0.717) is 0 Å². The van der Waals surface area contributed by atoms with Crippen molar-refractivity contribution in [1.29, 1.82) is 0 Å². The van der Waals surface area contributed by atoms with Crippen LogP contribution < -0.4 is 0 Å². The molecule has 0 unspecified atom stereocenters. The molecular weight excluding hydrogens is 202 g/mol. The number of halogens is 1. The lowest BCUT2D eigenvalue weighted by molar-refractivity contribution is -0.143. The van der Waals surface area contributed by atoms with Crippen molar-refractivity contribution < 1.29 is 9.90 Å². The van der Waals surface area contributed by atoms with Crippen LogP contribution in [-0.4, -0.2) is 35.6 Å². The Morgan fingerprint density at radius 1 is 1.50 bits per heavy atom. The first kappa shape index (κ1) is 13.3. The maximum absolute atomic E-state index is 10.6. The smallest absolute Gasteiger partial charge is 0.306 e. The summed E-state index contributed by atoms with van der Waals surface area (Å²) in [5, 5.41) is 8.75. The first-order valence-corrected chi connectivity index (χ1v) is 4.62. The van der Waals surface area contributed by atoms with Gasteiger partial charge in [0.05, 0.1) is 5.92 Å². The van der Waals surface area contributed by atoms with E-state index in [0.717, 1.165) is 38.9 Å². The highest BCUT2D eigenvalue weighted by molar-refractivity contribution is 5.85. The van der Waals surface area contributed by atoms with E-state index in [-0.39, 0.29) is 18.3 Å². The average Bonchev–Trinajstić information content (AvgIpc) is 2.15. The van der Waals surface area contributed by atoms with Crippen molar-refractivity contribution in [3.63, 3.8) is 0 Å². The van der Waals surface area contributed by atoms with Crippen molar-refractivity contribution in [3.05, 3.63) is 0 Å². The molecule has 0 saturated carbocycles. The number of likely N-dealkylation sites (tertiary alicyclic amines) is 1. The maximum Gasteiger partial charge on any atom is 0.306 e. The molecule has 80 valence electrons. The number of rotatable bonds is 3. The molecular formula is C10H16ClNO2. The molecule has 0 amide bonds. The normalized spacial score (nSPS) is 18.2.